The van der Waals surface area contributed by atoms with Gasteiger partial charge in [-0.15, -0.1) is 0 Å². The summed E-state index contributed by atoms with van der Waals surface area (Å²) in [5.74, 6) is 0.809. The summed E-state index contributed by atoms with van der Waals surface area (Å²) in [6.45, 7) is 4.58. The van der Waals surface area contributed by atoms with Crippen molar-refractivity contribution in [3.63, 3.8) is 0 Å². The molecule has 1 aliphatic heterocycles. The first-order chi connectivity index (χ1) is 7.67. The van der Waals surface area contributed by atoms with Gasteiger partial charge >= 0.3 is 5.97 Å². The summed E-state index contributed by atoms with van der Waals surface area (Å²) < 4.78 is 10.1. The normalized spacial score (nSPS) is 19.8. The third-order valence-electron chi connectivity index (χ3n) is 2.05. The first kappa shape index (κ1) is 13.1. The molecule has 1 atom stereocenters. The van der Waals surface area contributed by atoms with Gasteiger partial charge < -0.3 is 9.47 Å². The molecule has 4 nitrogen and oxygen atoms in total. The van der Waals surface area contributed by atoms with E-state index in [1.165, 1.54) is 18.9 Å². The fraction of sp³-hybridized carbons (Fsp3) is 0.636. The van der Waals surface area contributed by atoms with Crippen LogP contribution in [-0.4, -0.2) is 36.5 Å². The molecule has 1 aliphatic rings. The minimum Gasteiger partial charge on any atom is -0.491 e. The predicted molar refractivity (Wildman–Crippen MR) is 65.7 cm³/mol. The number of esters is 1. The number of hydrogen-bond donors (Lipinski definition) is 0. The van der Waals surface area contributed by atoms with Gasteiger partial charge in [-0.05, 0) is 26.3 Å². The summed E-state index contributed by atoms with van der Waals surface area (Å²) in [7, 11) is 1.38. The zero-order chi connectivity index (χ0) is 12.0. The number of methoxy groups -OCH3 is 1. The number of carbonyl (C=O) groups is 1. The number of dihydropyridines is 1. The number of nitrogens with zero attached hydrogens (tertiary/aromatic N) is 1. The molecular weight excluding hydrogens is 226 g/mol. The molecule has 0 fully saturated rings. The maximum atomic E-state index is 11.0. The van der Waals surface area contributed by atoms with Crippen LogP contribution in [0, 0.1) is 0 Å². The Balaban J connectivity index is 2.58. The van der Waals surface area contributed by atoms with Gasteiger partial charge in [0.25, 0.3) is 0 Å². The summed E-state index contributed by atoms with van der Waals surface area (Å²) in [6.07, 6.45) is 2.92. The highest BCUT2D eigenvalue weighted by Crippen LogP contribution is 2.21. The number of hydrogen-bond acceptors (Lipinski definition) is 5. The van der Waals surface area contributed by atoms with Crippen molar-refractivity contribution >= 4 is 22.8 Å². The van der Waals surface area contributed by atoms with E-state index in [0.29, 0.717) is 6.61 Å². The quantitative estimate of drug-likeness (QED) is 0.709. The van der Waals surface area contributed by atoms with E-state index in [9.17, 15) is 4.79 Å². The van der Waals surface area contributed by atoms with Gasteiger partial charge in [0, 0.05) is 0 Å². The van der Waals surface area contributed by atoms with Gasteiger partial charge in [-0.3, -0.25) is 9.79 Å². The van der Waals surface area contributed by atoms with Crippen LogP contribution in [0.15, 0.2) is 16.8 Å². The second kappa shape index (κ2) is 6.58. The number of ether oxygens (including phenoxy) is 2. The average molecular weight is 243 g/mol. The van der Waals surface area contributed by atoms with Crippen molar-refractivity contribution in [2.45, 2.75) is 26.3 Å². The maximum Gasteiger partial charge on any atom is 0.316 e. The van der Waals surface area contributed by atoms with Crippen LogP contribution in [0.2, 0.25) is 0 Å². The lowest BCUT2D eigenvalue weighted by atomic mass is 10.2. The van der Waals surface area contributed by atoms with Crippen molar-refractivity contribution in [1.29, 1.82) is 0 Å². The molecule has 1 unspecified atom stereocenters. The Morgan fingerprint density at radius 3 is 3.06 bits per heavy atom. The SMILES string of the molecule is CCOC1=CCC(C)N=C1SCC(=O)OC. The summed E-state index contributed by atoms with van der Waals surface area (Å²) in [6, 6.07) is 0.254. The van der Waals surface area contributed by atoms with Crippen LogP contribution in [0.4, 0.5) is 0 Å². The van der Waals surface area contributed by atoms with Crippen LogP contribution in [0.5, 0.6) is 0 Å². The monoisotopic (exact) mass is 243 g/mol. The lowest BCUT2D eigenvalue weighted by Gasteiger charge is -2.17. The van der Waals surface area contributed by atoms with E-state index in [4.69, 9.17) is 4.74 Å². The number of thioether (sulfide) groups is 1. The molecule has 0 aromatic heterocycles. The zero-order valence-electron chi connectivity index (χ0n) is 9.86. The van der Waals surface area contributed by atoms with Crippen molar-refractivity contribution in [2.24, 2.45) is 4.99 Å². The van der Waals surface area contributed by atoms with E-state index in [1.54, 1.807) is 0 Å². The smallest absolute Gasteiger partial charge is 0.316 e. The van der Waals surface area contributed by atoms with Crippen LogP contribution in [0.25, 0.3) is 0 Å². The Kier molecular flexibility index (Phi) is 5.38. The second-order valence-electron chi connectivity index (χ2n) is 3.39. The minimum absolute atomic E-state index is 0.248. The van der Waals surface area contributed by atoms with Crippen molar-refractivity contribution in [1.82, 2.24) is 0 Å². The Labute approximate surface area is 100 Å². The molecule has 0 saturated carbocycles. The zero-order valence-corrected chi connectivity index (χ0v) is 10.7. The van der Waals surface area contributed by atoms with Crippen molar-refractivity contribution in [2.75, 3.05) is 19.5 Å². The fourth-order valence-corrected chi connectivity index (χ4v) is 2.16. The molecule has 0 radical (unpaired) electrons. The third kappa shape index (κ3) is 3.89. The average Bonchev–Trinajstić information content (AvgIpc) is 2.29. The van der Waals surface area contributed by atoms with Gasteiger partial charge in [-0.2, -0.15) is 0 Å². The molecule has 0 aromatic carbocycles. The first-order valence-corrected chi connectivity index (χ1v) is 6.26. The number of rotatable bonds is 4. The molecule has 16 heavy (non-hydrogen) atoms. The standard InChI is InChI=1S/C11H17NO3S/c1-4-15-9-6-5-8(2)12-11(9)16-7-10(13)14-3/h6,8H,4-5,7H2,1-3H3. The lowest BCUT2D eigenvalue weighted by Crippen LogP contribution is -2.15. The molecule has 0 spiro atoms. The highest BCUT2D eigenvalue weighted by atomic mass is 32.2. The Morgan fingerprint density at radius 1 is 1.69 bits per heavy atom. The van der Waals surface area contributed by atoms with Gasteiger partial charge in [0.15, 0.2) is 0 Å². The van der Waals surface area contributed by atoms with Crippen molar-refractivity contribution in [3.8, 4) is 0 Å². The fourth-order valence-electron chi connectivity index (χ4n) is 1.25. The summed E-state index contributed by atoms with van der Waals surface area (Å²) in [4.78, 5) is 15.5. The maximum absolute atomic E-state index is 11.0. The van der Waals surface area contributed by atoms with E-state index < -0.39 is 0 Å². The number of aliphatic imine (C=N–C) groups is 1. The van der Waals surface area contributed by atoms with Crippen molar-refractivity contribution in [3.05, 3.63) is 11.8 Å². The van der Waals surface area contributed by atoms with Crippen LogP contribution < -0.4 is 0 Å². The number of carbonyl (C=O) groups excluding carboxylic acids is 1. The highest BCUT2D eigenvalue weighted by molar-refractivity contribution is 8.14. The molecule has 0 bridgehead atoms. The summed E-state index contributed by atoms with van der Waals surface area (Å²) >= 11 is 1.36. The largest absolute Gasteiger partial charge is 0.491 e. The first-order valence-electron chi connectivity index (χ1n) is 5.28. The van der Waals surface area contributed by atoms with Crippen LogP contribution in [0.3, 0.4) is 0 Å². The van der Waals surface area contributed by atoms with E-state index in [1.807, 2.05) is 19.9 Å². The van der Waals surface area contributed by atoms with Crippen LogP contribution in [-0.2, 0) is 14.3 Å². The van der Waals surface area contributed by atoms with Gasteiger partial charge in [-0.25, -0.2) is 0 Å². The van der Waals surface area contributed by atoms with Gasteiger partial charge in [0.2, 0.25) is 0 Å². The Morgan fingerprint density at radius 2 is 2.44 bits per heavy atom. The molecule has 90 valence electrons. The predicted octanol–water partition coefficient (Wildman–Crippen LogP) is 2.00. The van der Waals surface area contributed by atoms with E-state index >= 15 is 0 Å². The molecule has 1 rings (SSSR count). The Bertz CT molecular complexity index is 312. The molecule has 1 heterocycles. The highest BCUT2D eigenvalue weighted by Gasteiger charge is 2.17. The Hall–Kier alpha value is -0.970. The molecule has 0 N–H and O–H groups in total. The molecular formula is C11H17NO3S. The second-order valence-corrected chi connectivity index (χ2v) is 4.35. The molecule has 0 aromatic rings. The minimum atomic E-state index is -0.248. The third-order valence-corrected chi connectivity index (χ3v) is 3.01. The van der Waals surface area contributed by atoms with Crippen molar-refractivity contribution < 1.29 is 14.3 Å². The molecule has 5 heteroatoms. The van der Waals surface area contributed by atoms with Crippen LogP contribution >= 0.6 is 11.8 Å². The summed E-state index contributed by atoms with van der Waals surface area (Å²) in [5.41, 5.74) is 0. The van der Waals surface area contributed by atoms with Crippen LogP contribution in [0.1, 0.15) is 20.3 Å². The molecule has 0 amide bonds. The summed E-state index contributed by atoms with van der Waals surface area (Å²) in [5, 5.41) is 0.797. The van der Waals surface area contributed by atoms with Gasteiger partial charge in [0.05, 0.1) is 25.5 Å². The topological polar surface area (TPSA) is 47.9 Å². The molecule has 0 saturated heterocycles. The van der Waals surface area contributed by atoms with E-state index in [2.05, 4.69) is 9.73 Å². The van der Waals surface area contributed by atoms with Gasteiger partial charge in [-0.1, -0.05) is 11.8 Å². The van der Waals surface area contributed by atoms with Gasteiger partial charge in [0.1, 0.15) is 10.8 Å². The molecule has 0 aliphatic carbocycles. The van der Waals surface area contributed by atoms with E-state index in [0.717, 1.165) is 17.2 Å². The lowest BCUT2D eigenvalue weighted by molar-refractivity contribution is -0.137. The van der Waals surface area contributed by atoms with E-state index in [-0.39, 0.29) is 17.8 Å².